The Morgan fingerprint density at radius 2 is 1.78 bits per heavy atom. The number of benzene rings is 3. The van der Waals surface area contributed by atoms with Gasteiger partial charge in [-0.1, -0.05) is 53.5 Å². The normalized spacial score (nSPS) is 11.4. The van der Waals surface area contributed by atoms with Crippen molar-refractivity contribution in [1.82, 2.24) is 5.43 Å². The van der Waals surface area contributed by atoms with E-state index in [0.29, 0.717) is 26.6 Å². The molecule has 0 aromatic heterocycles. The summed E-state index contributed by atoms with van der Waals surface area (Å²) >= 11 is 15.8. The topological polar surface area (TPSA) is 97.3 Å². The van der Waals surface area contributed by atoms with E-state index in [1.54, 1.807) is 30.3 Å². The van der Waals surface area contributed by atoms with Gasteiger partial charge in [0, 0.05) is 10.6 Å². The highest BCUT2D eigenvalue weighted by Crippen LogP contribution is 2.37. The molecule has 0 saturated heterocycles. The summed E-state index contributed by atoms with van der Waals surface area (Å²) in [6.07, 6.45) is 2.38. The van der Waals surface area contributed by atoms with Crippen molar-refractivity contribution in [2.75, 3.05) is 24.2 Å². The van der Waals surface area contributed by atoms with Crippen molar-refractivity contribution < 1.29 is 22.7 Å². The first-order chi connectivity index (χ1) is 17.1. The largest absolute Gasteiger partial charge is 0.493 e. The van der Waals surface area contributed by atoms with Crippen molar-refractivity contribution in [1.29, 1.82) is 0 Å². The maximum atomic E-state index is 12.4. The first-order valence-electron chi connectivity index (χ1n) is 10.4. The van der Waals surface area contributed by atoms with Crippen LogP contribution in [0, 0.1) is 0 Å². The molecule has 0 unspecified atom stereocenters. The van der Waals surface area contributed by atoms with E-state index in [2.05, 4.69) is 26.5 Å². The molecule has 0 bridgehead atoms. The van der Waals surface area contributed by atoms with E-state index in [0.717, 1.165) is 16.1 Å². The number of anilines is 1. The molecule has 3 aromatic carbocycles. The molecule has 12 heteroatoms. The molecule has 3 rings (SSSR count). The van der Waals surface area contributed by atoms with Crippen LogP contribution in [0.2, 0.25) is 10.0 Å². The van der Waals surface area contributed by atoms with Gasteiger partial charge in [-0.15, -0.1) is 0 Å². The van der Waals surface area contributed by atoms with Crippen LogP contribution in [0.5, 0.6) is 11.5 Å². The monoisotopic (exact) mass is 613 g/mol. The smallest absolute Gasteiger partial charge is 0.260 e. The van der Waals surface area contributed by atoms with Crippen LogP contribution in [0.1, 0.15) is 11.1 Å². The van der Waals surface area contributed by atoms with Gasteiger partial charge in [-0.3, -0.25) is 9.10 Å². The van der Waals surface area contributed by atoms with Gasteiger partial charge in [0.15, 0.2) is 11.5 Å². The fourth-order valence-electron chi connectivity index (χ4n) is 3.10. The van der Waals surface area contributed by atoms with E-state index in [4.69, 9.17) is 32.7 Å². The second-order valence-corrected chi connectivity index (χ2v) is 11.0. The number of carbonyl (C=O) groups excluding carboxylic acids is 1. The number of nitrogens with one attached hydrogen (secondary N) is 1. The maximum absolute atomic E-state index is 12.4. The zero-order chi connectivity index (χ0) is 26.3. The Morgan fingerprint density at radius 1 is 1.11 bits per heavy atom. The van der Waals surface area contributed by atoms with Gasteiger partial charge in [0.2, 0.25) is 10.0 Å². The molecule has 0 heterocycles. The van der Waals surface area contributed by atoms with Gasteiger partial charge in [0.1, 0.15) is 13.2 Å². The third kappa shape index (κ3) is 7.36. The number of methoxy groups -OCH3 is 1. The molecule has 3 aromatic rings. The quantitative estimate of drug-likeness (QED) is 0.248. The average Bonchev–Trinajstić information content (AvgIpc) is 2.82. The molecule has 0 radical (unpaired) electrons. The van der Waals surface area contributed by atoms with Crippen LogP contribution in [0.4, 0.5) is 5.69 Å². The first-order valence-corrected chi connectivity index (χ1v) is 13.8. The maximum Gasteiger partial charge on any atom is 0.260 e. The first kappa shape index (κ1) is 27.8. The summed E-state index contributed by atoms with van der Waals surface area (Å²) < 4.78 is 37.3. The summed E-state index contributed by atoms with van der Waals surface area (Å²) in [6, 6.07) is 17.1. The molecule has 0 aliphatic carbocycles. The highest BCUT2D eigenvalue weighted by molar-refractivity contribution is 9.10. The van der Waals surface area contributed by atoms with Gasteiger partial charge in [0.05, 0.1) is 34.8 Å². The Hall–Kier alpha value is -2.79. The number of para-hydroxylation sites is 1. The molecule has 0 fully saturated rings. The number of carbonyl (C=O) groups is 1. The predicted molar refractivity (Wildman–Crippen MR) is 146 cm³/mol. The Kier molecular flexibility index (Phi) is 9.61. The van der Waals surface area contributed by atoms with Crippen LogP contribution in [-0.4, -0.2) is 40.4 Å². The summed E-state index contributed by atoms with van der Waals surface area (Å²) in [7, 11) is -2.27. The standard InChI is InChI=1S/C24H22BrCl2N3O5S/c1-34-22-12-16(11-18(25)24(22)35-15-17-7-3-4-8-19(17)26)13-28-29-23(31)14-30(36(2,32)33)21-10-6-5-9-20(21)27/h3-13H,14-15H2,1-2H3,(H,29,31)/b28-13-. The van der Waals surface area contributed by atoms with Gasteiger partial charge >= 0.3 is 0 Å². The van der Waals surface area contributed by atoms with Crippen LogP contribution >= 0.6 is 39.1 Å². The molecule has 8 nitrogen and oxygen atoms in total. The summed E-state index contributed by atoms with van der Waals surface area (Å²) in [6.45, 7) is -0.262. The molecule has 0 aliphatic rings. The summed E-state index contributed by atoms with van der Waals surface area (Å²) in [5, 5.41) is 4.73. The zero-order valence-corrected chi connectivity index (χ0v) is 23.2. The summed E-state index contributed by atoms with van der Waals surface area (Å²) in [4.78, 5) is 12.4. The lowest BCUT2D eigenvalue weighted by Crippen LogP contribution is -2.39. The molecule has 0 spiro atoms. The van der Waals surface area contributed by atoms with Crippen molar-refractivity contribution >= 4 is 67.0 Å². The summed E-state index contributed by atoms with van der Waals surface area (Å²) in [5.74, 6) is 0.260. The van der Waals surface area contributed by atoms with Gasteiger partial charge in [-0.2, -0.15) is 5.10 Å². The molecule has 0 atom stereocenters. The number of sulfonamides is 1. The molecule has 1 amide bonds. The van der Waals surface area contributed by atoms with Crippen molar-refractivity contribution in [3.05, 3.63) is 86.3 Å². The third-order valence-electron chi connectivity index (χ3n) is 4.79. The van der Waals surface area contributed by atoms with Crippen molar-refractivity contribution in [3.8, 4) is 11.5 Å². The third-order valence-corrected chi connectivity index (χ3v) is 7.20. The number of rotatable bonds is 10. The van der Waals surface area contributed by atoms with Crippen LogP contribution < -0.4 is 19.2 Å². The van der Waals surface area contributed by atoms with Crippen LogP contribution in [0.15, 0.2) is 70.2 Å². The Bertz CT molecular complexity index is 1390. The minimum atomic E-state index is -3.77. The number of ether oxygens (including phenoxy) is 2. The van der Waals surface area contributed by atoms with Crippen LogP contribution in [-0.2, 0) is 21.4 Å². The highest BCUT2D eigenvalue weighted by Gasteiger charge is 2.22. The second-order valence-electron chi connectivity index (χ2n) is 7.43. The van der Waals surface area contributed by atoms with Crippen LogP contribution in [0.25, 0.3) is 0 Å². The summed E-state index contributed by atoms with van der Waals surface area (Å²) in [5.41, 5.74) is 3.94. The van der Waals surface area contributed by atoms with E-state index in [1.165, 1.54) is 25.5 Å². The minimum Gasteiger partial charge on any atom is -0.493 e. The fraction of sp³-hybridized carbons (Fsp3) is 0.167. The van der Waals surface area contributed by atoms with Crippen LogP contribution in [0.3, 0.4) is 0 Å². The molecule has 190 valence electrons. The number of halogens is 3. The fourth-order valence-corrected chi connectivity index (χ4v) is 5.02. The van der Waals surface area contributed by atoms with E-state index < -0.39 is 22.5 Å². The average molecular weight is 615 g/mol. The molecule has 1 N–H and O–H groups in total. The van der Waals surface area contributed by atoms with Gasteiger partial charge < -0.3 is 9.47 Å². The molecule has 36 heavy (non-hydrogen) atoms. The predicted octanol–water partition coefficient (Wildman–Crippen LogP) is 5.26. The Labute approximate surface area is 228 Å². The Morgan fingerprint density at radius 3 is 2.42 bits per heavy atom. The van der Waals surface area contributed by atoms with E-state index in [9.17, 15) is 13.2 Å². The number of hydrogen-bond donors (Lipinski definition) is 1. The zero-order valence-electron chi connectivity index (χ0n) is 19.2. The van der Waals surface area contributed by atoms with Gasteiger partial charge in [-0.05, 0) is 51.8 Å². The van der Waals surface area contributed by atoms with Crippen molar-refractivity contribution in [2.24, 2.45) is 5.10 Å². The highest BCUT2D eigenvalue weighted by atomic mass is 79.9. The molecular formula is C24H22BrCl2N3O5S. The number of amides is 1. The van der Waals surface area contributed by atoms with Gasteiger partial charge in [-0.25, -0.2) is 13.8 Å². The second kappa shape index (κ2) is 12.4. The van der Waals surface area contributed by atoms with E-state index >= 15 is 0 Å². The molecule has 0 saturated carbocycles. The molecule has 0 aliphatic heterocycles. The van der Waals surface area contributed by atoms with E-state index in [-0.39, 0.29) is 17.3 Å². The Balaban J connectivity index is 1.69. The van der Waals surface area contributed by atoms with Crippen molar-refractivity contribution in [2.45, 2.75) is 6.61 Å². The lowest BCUT2D eigenvalue weighted by atomic mass is 10.2. The lowest BCUT2D eigenvalue weighted by Gasteiger charge is -2.22. The number of nitrogens with zero attached hydrogens (tertiary/aromatic N) is 2. The van der Waals surface area contributed by atoms with Gasteiger partial charge in [0.25, 0.3) is 5.91 Å². The van der Waals surface area contributed by atoms with Crippen molar-refractivity contribution in [3.63, 3.8) is 0 Å². The van der Waals surface area contributed by atoms with E-state index in [1.807, 2.05) is 18.2 Å². The lowest BCUT2D eigenvalue weighted by molar-refractivity contribution is -0.119. The number of hydrazone groups is 1. The molecular weight excluding hydrogens is 593 g/mol. The SMILES string of the molecule is COc1cc(/C=N\NC(=O)CN(c2ccccc2Cl)S(C)(=O)=O)cc(Br)c1OCc1ccccc1Cl. The number of hydrogen-bond acceptors (Lipinski definition) is 6. The minimum absolute atomic E-state index is 0.196.